The van der Waals surface area contributed by atoms with Gasteiger partial charge in [-0.05, 0) is 36.1 Å². The Kier molecular flexibility index (Phi) is 8.38. The number of hydrogen-bond acceptors (Lipinski definition) is 7. The van der Waals surface area contributed by atoms with Crippen molar-refractivity contribution >= 4 is 41.0 Å². The van der Waals surface area contributed by atoms with Crippen LogP contribution in [0, 0.1) is 0 Å². The number of carbonyl (C=O) groups excluding carboxylic acids is 5. The maximum absolute atomic E-state index is 12.8. The summed E-state index contributed by atoms with van der Waals surface area (Å²) in [6.45, 7) is -1.01. The Morgan fingerprint density at radius 1 is 1.00 bits per heavy atom. The molecule has 0 fully saturated rings. The van der Waals surface area contributed by atoms with E-state index in [-0.39, 0.29) is 18.7 Å². The van der Waals surface area contributed by atoms with Crippen LogP contribution in [0.15, 0.2) is 42.5 Å². The summed E-state index contributed by atoms with van der Waals surface area (Å²) in [4.78, 5) is 60.4. The van der Waals surface area contributed by atoms with Gasteiger partial charge in [0.25, 0.3) is 5.91 Å². The highest BCUT2D eigenvalue weighted by molar-refractivity contribution is 6.06. The highest BCUT2D eigenvalue weighted by Gasteiger charge is 2.25. The van der Waals surface area contributed by atoms with Gasteiger partial charge in [-0.1, -0.05) is 30.3 Å². The van der Waals surface area contributed by atoms with Gasteiger partial charge in [-0.3, -0.25) is 19.2 Å². The Bertz CT molecular complexity index is 1130. The predicted octanol–water partition coefficient (Wildman–Crippen LogP) is 0.665. The first-order valence-electron chi connectivity index (χ1n) is 11.0. The monoisotopic (exact) mass is 481 g/mol. The molecule has 184 valence electrons. The molecule has 0 bridgehead atoms. The fourth-order valence-corrected chi connectivity index (χ4v) is 3.84. The second-order valence-corrected chi connectivity index (χ2v) is 8.02. The number of nitrogens with two attached hydrogens (primary N) is 2. The van der Waals surface area contributed by atoms with Crippen LogP contribution >= 0.6 is 0 Å². The second-order valence-electron chi connectivity index (χ2n) is 8.02. The standard InChI is InChI=1S/C24H27N5O6/c25-16-9-10-17(15-7-4-8-19(30)22(15)16)28-20(31)12-27-23(33)18(11-14-5-2-1-3-6-14)29-21(32)13-35-24(26)34/h1-3,5-6,9-10,18H,4,7-8,11-13,25H2,(H2,26,34)(H,27,33)(H,28,31)(H,29,32). The van der Waals surface area contributed by atoms with Gasteiger partial charge in [-0.15, -0.1) is 0 Å². The molecule has 35 heavy (non-hydrogen) atoms. The van der Waals surface area contributed by atoms with Gasteiger partial charge in [0.05, 0.1) is 6.54 Å². The van der Waals surface area contributed by atoms with E-state index >= 15 is 0 Å². The number of nitrogens with one attached hydrogen (secondary N) is 3. The number of hydrogen-bond donors (Lipinski definition) is 5. The van der Waals surface area contributed by atoms with Crippen molar-refractivity contribution < 1.29 is 28.7 Å². The van der Waals surface area contributed by atoms with Crippen LogP contribution in [0.1, 0.15) is 34.3 Å². The fraction of sp³-hybridized carbons (Fsp3) is 0.292. The van der Waals surface area contributed by atoms with Crippen molar-refractivity contribution in [2.75, 3.05) is 24.2 Å². The number of carbonyl (C=O) groups is 5. The van der Waals surface area contributed by atoms with Gasteiger partial charge in [0.15, 0.2) is 12.4 Å². The van der Waals surface area contributed by atoms with Gasteiger partial charge in [0, 0.05) is 29.8 Å². The Morgan fingerprint density at radius 3 is 2.46 bits per heavy atom. The minimum absolute atomic E-state index is 0.0621. The molecule has 1 aliphatic rings. The number of fused-ring (bicyclic) bond motifs is 1. The van der Waals surface area contributed by atoms with Crippen LogP contribution in [-0.2, 0) is 32.0 Å². The number of rotatable bonds is 9. The van der Waals surface area contributed by atoms with Crippen molar-refractivity contribution in [1.82, 2.24) is 10.6 Å². The molecule has 4 amide bonds. The Labute approximate surface area is 201 Å². The van der Waals surface area contributed by atoms with Crippen LogP contribution in [0.3, 0.4) is 0 Å². The van der Waals surface area contributed by atoms with Crippen LogP contribution in [0.2, 0.25) is 0 Å². The van der Waals surface area contributed by atoms with Crippen molar-refractivity contribution in [1.29, 1.82) is 0 Å². The molecule has 0 saturated carbocycles. The van der Waals surface area contributed by atoms with Crippen molar-refractivity contribution in [2.45, 2.75) is 31.7 Å². The fourth-order valence-electron chi connectivity index (χ4n) is 3.84. The van der Waals surface area contributed by atoms with E-state index in [1.807, 2.05) is 6.07 Å². The van der Waals surface area contributed by atoms with Crippen molar-refractivity contribution in [2.24, 2.45) is 5.73 Å². The molecule has 0 saturated heterocycles. The molecule has 1 aliphatic carbocycles. The molecule has 0 aliphatic heterocycles. The molecule has 3 rings (SSSR count). The molecule has 1 unspecified atom stereocenters. The van der Waals surface area contributed by atoms with Crippen LogP contribution in [0.5, 0.6) is 0 Å². The van der Waals surface area contributed by atoms with E-state index < -0.39 is 36.5 Å². The maximum Gasteiger partial charge on any atom is 0.405 e. The molecule has 0 radical (unpaired) electrons. The highest BCUT2D eigenvalue weighted by Crippen LogP contribution is 2.32. The topological polar surface area (TPSA) is 183 Å². The van der Waals surface area contributed by atoms with E-state index in [1.165, 1.54) is 0 Å². The maximum atomic E-state index is 12.8. The van der Waals surface area contributed by atoms with Gasteiger partial charge in [-0.25, -0.2) is 4.79 Å². The number of ether oxygens (including phenoxy) is 1. The van der Waals surface area contributed by atoms with Crippen LogP contribution in [0.4, 0.5) is 16.2 Å². The lowest BCUT2D eigenvalue weighted by atomic mass is 9.88. The van der Waals surface area contributed by atoms with Crippen LogP contribution in [-0.4, -0.2) is 48.8 Å². The van der Waals surface area contributed by atoms with E-state index in [9.17, 15) is 24.0 Å². The molecule has 2 aromatic carbocycles. The number of Topliss-reactive ketones (excluding diaryl/α,β-unsaturated/α-hetero) is 1. The first kappa shape index (κ1) is 25.2. The lowest BCUT2D eigenvalue weighted by Gasteiger charge is -2.21. The summed E-state index contributed by atoms with van der Waals surface area (Å²) in [5.74, 6) is -1.90. The zero-order valence-corrected chi connectivity index (χ0v) is 19.0. The molecule has 11 nitrogen and oxygen atoms in total. The summed E-state index contributed by atoms with van der Waals surface area (Å²) in [6, 6.07) is 11.1. The van der Waals surface area contributed by atoms with E-state index in [0.717, 1.165) is 5.56 Å². The largest absolute Gasteiger partial charge is 0.440 e. The smallest absolute Gasteiger partial charge is 0.405 e. The highest BCUT2D eigenvalue weighted by atomic mass is 16.5. The van der Waals surface area contributed by atoms with Crippen LogP contribution < -0.4 is 27.4 Å². The molecule has 0 aromatic heterocycles. The Morgan fingerprint density at radius 2 is 1.74 bits per heavy atom. The predicted molar refractivity (Wildman–Crippen MR) is 127 cm³/mol. The molecule has 1 atom stereocenters. The third-order valence-corrected chi connectivity index (χ3v) is 5.43. The molecule has 0 spiro atoms. The lowest BCUT2D eigenvalue weighted by Crippen LogP contribution is -2.50. The third-order valence-electron chi connectivity index (χ3n) is 5.43. The zero-order valence-electron chi connectivity index (χ0n) is 19.0. The summed E-state index contributed by atoms with van der Waals surface area (Å²) >= 11 is 0. The van der Waals surface area contributed by atoms with E-state index in [1.54, 1.807) is 36.4 Å². The number of anilines is 2. The molecule has 11 heteroatoms. The summed E-state index contributed by atoms with van der Waals surface area (Å²) in [6.07, 6.45) is 0.697. The summed E-state index contributed by atoms with van der Waals surface area (Å²) in [5, 5.41) is 7.70. The number of benzene rings is 2. The summed E-state index contributed by atoms with van der Waals surface area (Å²) in [5.41, 5.74) is 13.5. The SMILES string of the molecule is NC(=O)OCC(=O)NC(Cc1ccccc1)C(=O)NCC(=O)Nc1ccc(N)c2c1CCCC2=O. The van der Waals surface area contributed by atoms with E-state index in [4.69, 9.17) is 11.5 Å². The van der Waals surface area contributed by atoms with Gasteiger partial charge >= 0.3 is 6.09 Å². The van der Waals surface area contributed by atoms with Gasteiger partial charge < -0.3 is 32.2 Å². The summed E-state index contributed by atoms with van der Waals surface area (Å²) < 4.78 is 4.46. The Hall–Kier alpha value is -4.41. The normalized spacial score (nSPS) is 13.2. The zero-order chi connectivity index (χ0) is 25.4. The number of ketones is 1. The van der Waals surface area contributed by atoms with E-state index in [2.05, 4.69) is 20.7 Å². The average molecular weight is 482 g/mol. The Balaban J connectivity index is 1.63. The van der Waals surface area contributed by atoms with Gasteiger partial charge in [0.2, 0.25) is 11.8 Å². The minimum Gasteiger partial charge on any atom is -0.440 e. The molecule has 7 N–H and O–H groups in total. The molecule has 0 heterocycles. The second kappa shape index (κ2) is 11.6. The third kappa shape index (κ3) is 7.03. The van der Waals surface area contributed by atoms with Crippen LogP contribution in [0.25, 0.3) is 0 Å². The van der Waals surface area contributed by atoms with E-state index in [0.29, 0.717) is 41.8 Å². The first-order chi connectivity index (χ1) is 16.7. The first-order valence-corrected chi connectivity index (χ1v) is 11.0. The van der Waals surface area contributed by atoms with Gasteiger partial charge in [0.1, 0.15) is 6.04 Å². The minimum atomic E-state index is -1.12. The molecular formula is C24H27N5O6. The quantitative estimate of drug-likeness (QED) is 0.326. The average Bonchev–Trinajstić information content (AvgIpc) is 2.83. The van der Waals surface area contributed by atoms with Gasteiger partial charge in [-0.2, -0.15) is 0 Å². The molecule has 2 aromatic rings. The summed E-state index contributed by atoms with van der Waals surface area (Å²) in [7, 11) is 0. The van der Waals surface area contributed by atoms with Crippen molar-refractivity contribution in [3.8, 4) is 0 Å². The van der Waals surface area contributed by atoms with Crippen molar-refractivity contribution in [3.63, 3.8) is 0 Å². The number of primary amides is 1. The molecular weight excluding hydrogens is 454 g/mol. The number of amides is 4. The number of nitrogen functional groups attached to an aromatic ring is 1. The van der Waals surface area contributed by atoms with Crippen molar-refractivity contribution in [3.05, 3.63) is 59.2 Å². The lowest BCUT2D eigenvalue weighted by molar-refractivity contribution is -0.131.